The van der Waals surface area contributed by atoms with Crippen molar-refractivity contribution in [3.05, 3.63) is 93.1 Å². The number of nitrogens with zero attached hydrogens (tertiary/aromatic N) is 9. The van der Waals surface area contributed by atoms with Crippen LogP contribution in [0.5, 0.6) is 5.75 Å². The molecule has 0 saturated carbocycles. The standard InChI is InChI=1S/C41H53N13O5/c1-9-46-29(16-25(5)43)38(57)47-41-51(8)32-19-28(37(45)56)20-34(59-15-11-14-42)35(32)53(41)22-24(4)23(3)21-52-30-13-12-27(36(44)55)18-31(30)50(7)40(52)48-39(58)33-17-26(6)49-54(33)10-2/h12-13,16-20H,9-11,14-15,21-22,42-43H2,1-8H3,(H2,44,55)(H2,45,56)/b24-23+,25-16?,46-29?,47-41?,48-40?. The molecule has 0 fully saturated rings. The van der Waals surface area contributed by atoms with Crippen molar-refractivity contribution in [2.24, 2.45) is 52.0 Å². The van der Waals surface area contributed by atoms with E-state index >= 15 is 0 Å². The van der Waals surface area contributed by atoms with E-state index in [0.717, 1.165) is 11.1 Å². The second kappa shape index (κ2) is 18.2. The summed E-state index contributed by atoms with van der Waals surface area (Å²) in [4.78, 5) is 65.8. The lowest BCUT2D eigenvalue weighted by atomic mass is 10.1. The molecule has 4 amide bonds. The van der Waals surface area contributed by atoms with Crippen molar-refractivity contribution in [1.82, 2.24) is 28.0 Å². The van der Waals surface area contributed by atoms with Crippen molar-refractivity contribution in [3.8, 4) is 5.75 Å². The first kappa shape index (κ1) is 43.3. The average Bonchev–Trinajstić information content (AvgIpc) is 3.79. The smallest absolute Gasteiger partial charge is 0.298 e. The molecule has 59 heavy (non-hydrogen) atoms. The number of allylic oxidation sites excluding steroid dienone is 3. The van der Waals surface area contributed by atoms with Gasteiger partial charge >= 0.3 is 0 Å². The van der Waals surface area contributed by atoms with Gasteiger partial charge in [-0.1, -0.05) is 11.1 Å². The van der Waals surface area contributed by atoms with Gasteiger partial charge in [0.05, 0.1) is 28.9 Å². The van der Waals surface area contributed by atoms with Crippen LogP contribution in [-0.4, -0.2) is 77.1 Å². The van der Waals surface area contributed by atoms with Gasteiger partial charge in [-0.05, 0) is 97.0 Å². The SMILES string of the molecule is CCN=C(C=C(C)N)C(=O)N=c1n(C)c2cc(C(N)=O)cc(OCCCN)c2n1C/C(C)=C(\C)Cn1c(=NC(=O)c2cc(C)nn2CC)n(C)c2cc(C(N)=O)ccc21. The maximum absolute atomic E-state index is 13.8. The van der Waals surface area contributed by atoms with E-state index in [0.29, 0.717) is 82.1 Å². The van der Waals surface area contributed by atoms with Gasteiger partial charge in [0.15, 0.2) is 0 Å². The number of aliphatic imine (C=N–C) groups is 1. The number of aryl methyl sites for hydroxylation is 4. The van der Waals surface area contributed by atoms with Gasteiger partial charge in [-0.2, -0.15) is 15.1 Å². The van der Waals surface area contributed by atoms with Crippen LogP contribution in [0.2, 0.25) is 0 Å². The minimum absolute atomic E-state index is 0.0832. The van der Waals surface area contributed by atoms with Gasteiger partial charge in [0.1, 0.15) is 22.7 Å². The fourth-order valence-electron chi connectivity index (χ4n) is 6.73. The summed E-state index contributed by atoms with van der Waals surface area (Å²) < 4.78 is 15.0. The summed E-state index contributed by atoms with van der Waals surface area (Å²) in [5.41, 5.74) is 29.9. The number of carbonyl (C=O) groups is 4. The van der Waals surface area contributed by atoms with Gasteiger partial charge in [-0.25, -0.2) is 0 Å². The Morgan fingerprint density at radius 3 is 2.05 bits per heavy atom. The van der Waals surface area contributed by atoms with Crippen molar-refractivity contribution in [3.63, 3.8) is 0 Å². The number of aromatic nitrogens is 6. The van der Waals surface area contributed by atoms with Crippen molar-refractivity contribution < 1.29 is 23.9 Å². The maximum Gasteiger partial charge on any atom is 0.298 e. The molecule has 3 heterocycles. The number of imidazole rings is 2. The van der Waals surface area contributed by atoms with E-state index in [1.807, 2.05) is 36.8 Å². The number of hydrogen-bond donors (Lipinski definition) is 4. The van der Waals surface area contributed by atoms with Crippen LogP contribution in [0.1, 0.15) is 77.9 Å². The molecular formula is C41H53N13O5. The van der Waals surface area contributed by atoms with Gasteiger partial charge in [-0.3, -0.25) is 28.9 Å². The molecular weight excluding hydrogens is 755 g/mol. The Morgan fingerprint density at radius 2 is 1.44 bits per heavy atom. The quantitative estimate of drug-likeness (QED) is 0.0692. The lowest BCUT2D eigenvalue weighted by molar-refractivity contribution is -0.112. The molecule has 0 saturated heterocycles. The molecule has 5 aromatic rings. The summed E-state index contributed by atoms with van der Waals surface area (Å²) in [6.45, 7) is 13.0. The minimum atomic E-state index is -0.658. The van der Waals surface area contributed by atoms with Crippen LogP contribution < -0.4 is 38.9 Å². The van der Waals surface area contributed by atoms with Gasteiger partial charge < -0.3 is 45.9 Å². The number of benzene rings is 2. The summed E-state index contributed by atoms with van der Waals surface area (Å²) in [7, 11) is 3.50. The minimum Gasteiger partial charge on any atom is -0.491 e. The van der Waals surface area contributed by atoms with Crippen molar-refractivity contribution in [2.45, 2.75) is 67.6 Å². The monoisotopic (exact) mass is 807 g/mol. The number of primary amides is 2. The number of carbonyl (C=O) groups excluding carboxylic acids is 4. The largest absolute Gasteiger partial charge is 0.491 e. The van der Waals surface area contributed by atoms with Crippen molar-refractivity contribution in [1.29, 1.82) is 0 Å². The summed E-state index contributed by atoms with van der Waals surface area (Å²) in [5.74, 6) is -1.99. The summed E-state index contributed by atoms with van der Waals surface area (Å²) >= 11 is 0. The number of ether oxygens (including phenoxy) is 1. The molecule has 0 unspecified atom stereocenters. The summed E-state index contributed by atoms with van der Waals surface area (Å²) in [5, 5.41) is 4.42. The predicted molar refractivity (Wildman–Crippen MR) is 225 cm³/mol. The van der Waals surface area contributed by atoms with Crippen LogP contribution in [0.3, 0.4) is 0 Å². The van der Waals surface area contributed by atoms with Crippen molar-refractivity contribution in [2.75, 3.05) is 19.7 Å². The Kier molecular flexibility index (Phi) is 13.3. The fourth-order valence-corrected chi connectivity index (χ4v) is 6.73. The highest BCUT2D eigenvalue weighted by Gasteiger charge is 2.22. The zero-order valence-corrected chi connectivity index (χ0v) is 34.9. The summed E-state index contributed by atoms with van der Waals surface area (Å²) in [6.07, 6.45) is 2.02. The molecule has 0 aliphatic rings. The van der Waals surface area contributed by atoms with Crippen LogP contribution in [-0.2, 0) is 38.5 Å². The first-order chi connectivity index (χ1) is 28.0. The topological polar surface area (TPSA) is 256 Å². The highest BCUT2D eigenvalue weighted by Crippen LogP contribution is 2.29. The molecule has 0 aliphatic carbocycles. The van der Waals surface area contributed by atoms with Crippen LogP contribution in [0.25, 0.3) is 22.1 Å². The van der Waals surface area contributed by atoms with Gasteiger partial charge in [0.2, 0.25) is 23.1 Å². The molecule has 2 aromatic carbocycles. The van der Waals surface area contributed by atoms with E-state index in [2.05, 4.69) is 20.1 Å². The van der Waals surface area contributed by atoms with E-state index in [1.165, 1.54) is 6.08 Å². The normalized spacial score (nSPS) is 13.4. The highest BCUT2D eigenvalue weighted by molar-refractivity contribution is 6.43. The lowest BCUT2D eigenvalue weighted by Crippen LogP contribution is -2.29. The molecule has 8 N–H and O–H groups in total. The van der Waals surface area contributed by atoms with Crippen molar-refractivity contribution >= 4 is 51.4 Å². The number of fused-ring (bicyclic) bond motifs is 2. The Balaban J connectivity index is 1.75. The van der Waals surface area contributed by atoms with E-state index in [9.17, 15) is 19.2 Å². The molecule has 3 aromatic heterocycles. The van der Waals surface area contributed by atoms with Crippen LogP contribution in [0.4, 0.5) is 0 Å². The van der Waals surface area contributed by atoms with E-state index in [-0.39, 0.29) is 36.6 Å². The second-order valence-electron chi connectivity index (χ2n) is 14.3. The molecule has 0 atom stereocenters. The maximum atomic E-state index is 13.8. The third-order valence-corrected chi connectivity index (χ3v) is 9.83. The van der Waals surface area contributed by atoms with Gasteiger partial charge in [-0.15, -0.1) is 0 Å². The van der Waals surface area contributed by atoms with E-state index < -0.39 is 23.6 Å². The zero-order chi connectivity index (χ0) is 43.3. The average molecular weight is 808 g/mol. The predicted octanol–water partition coefficient (Wildman–Crippen LogP) is 2.25. The zero-order valence-electron chi connectivity index (χ0n) is 34.9. The first-order valence-corrected chi connectivity index (χ1v) is 19.2. The number of hydrogen-bond acceptors (Lipinski definition) is 9. The first-order valence-electron chi connectivity index (χ1n) is 19.2. The fraction of sp³-hybridized carbons (Fsp3) is 0.366. The van der Waals surface area contributed by atoms with Crippen LogP contribution >= 0.6 is 0 Å². The Labute approximate surface area is 340 Å². The van der Waals surface area contributed by atoms with Crippen LogP contribution in [0.15, 0.2) is 74.3 Å². The number of rotatable bonds is 15. The third-order valence-electron chi connectivity index (χ3n) is 9.83. The van der Waals surface area contributed by atoms with E-state index in [1.54, 1.807) is 78.2 Å². The number of nitrogens with two attached hydrogens (primary N) is 4. The molecule has 5 rings (SSSR count). The van der Waals surface area contributed by atoms with Gasteiger partial charge in [0.25, 0.3) is 11.8 Å². The molecule has 0 aliphatic heterocycles. The second-order valence-corrected chi connectivity index (χ2v) is 14.3. The molecule has 0 spiro atoms. The Bertz CT molecular complexity index is 2730. The molecule has 0 bridgehead atoms. The molecule has 0 radical (unpaired) electrons. The van der Waals surface area contributed by atoms with Gasteiger partial charge in [0, 0.05) is 57.1 Å². The van der Waals surface area contributed by atoms with E-state index in [4.69, 9.17) is 27.7 Å². The lowest BCUT2D eigenvalue weighted by Gasteiger charge is -2.14. The molecule has 18 nitrogen and oxygen atoms in total. The Morgan fingerprint density at radius 1 is 0.814 bits per heavy atom. The summed E-state index contributed by atoms with van der Waals surface area (Å²) in [6, 6.07) is 9.98. The Hall–Kier alpha value is -6.82. The highest BCUT2D eigenvalue weighted by atomic mass is 16.5. The molecule has 312 valence electrons. The number of amides is 4. The van der Waals surface area contributed by atoms with Crippen LogP contribution in [0, 0.1) is 6.92 Å². The molecule has 18 heteroatoms. The third kappa shape index (κ3) is 9.17.